The summed E-state index contributed by atoms with van der Waals surface area (Å²) in [5.74, 6) is 0. The Morgan fingerprint density at radius 1 is 1.24 bits per heavy atom. The molecule has 0 heterocycles. The van der Waals surface area contributed by atoms with Crippen LogP contribution >= 0.6 is 12.2 Å². The highest BCUT2D eigenvalue weighted by Crippen LogP contribution is 2.24. The fourth-order valence-electron chi connectivity index (χ4n) is 2.26. The van der Waals surface area contributed by atoms with E-state index in [1.807, 2.05) is 18.2 Å². The molecule has 3 heteroatoms. The largest absolute Gasteiger partial charge is 0.371 e. The number of ether oxygens (including phenoxy) is 1. The van der Waals surface area contributed by atoms with E-state index < -0.39 is 0 Å². The molecule has 2 rings (SSSR count). The average molecular weight is 247 g/mol. The van der Waals surface area contributed by atoms with Gasteiger partial charge in [-0.1, -0.05) is 43.2 Å². The maximum absolute atomic E-state index is 5.95. The summed E-state index contributed by atoms with van der Waals surface area (Å²) in [5, 5.41) is 2.49. The first-order valence-electron chi connectivity index (χ1n) is 6.12. The van der Waals surface area contributed by atoms with Gasteiger partial charge in [0.1, 0.15) is 0 Å². The summed E-state index contributed by atoms with van der Waals surface area (Å²) in [6, 6.07) is 10.5. The third kappa shape index (κ3) is 3.74. The molecule has 0 unspecified atom stereocenters. The van der Waals surface area contributed by atoms with Gasteiger partial charge in [-0.15, -0.1) is 0 Å². The van der Waals surface area contributed by atoms with Crippen LogP contribution in [0.1, 0.15) is 31.2 Å². The number of benzene rings is 1. The van der Waals surface area contributed by atoms with Crippen LogP contribution in [0.25, 0.3) is 0 Å². The summed E-state index contributed by atoms with van der Waals surface area (Å²) in [4.78, 5) is 4.22. The highest BCUT2D eigenvalue weighted by atomic mass is 32.1. The molecule has 1 fully saturated rings. The number of isothiocyanates is 1. The van der Waals surface area contributed by atoms with E-state index in [0.717, 1.165) is 12.8 Å². The number of hydrogen-bond donors (Lipinski definition) is 0. The molecule has 1 aliphatic carbocycles. The van der Waals surface area contributed by atoms with Crippen molar-refractivity contribution in [2.45, 2.75) is 44.4 Å². The van der Waals surface area contributed by atoms with E-state index in [9.17, 15) is 0 Å². The Kier molecular flexibility index (Phi) is 4.87. The second kappa shape index (κ2) is 6.65. The summed E-state index contributed by atoms with van der Waals surface area (Å²) < 4.78 is 5.95. The van der Waals surface area contributed by atoms with Gasteiger partial charge >= 0.3 is 0 Å². The average Bonchev–Trinajstić information content (AvgIpc) is 2.39. The summed E-state index contributed by atoms with van der Waals surface area (Å²) in [7, 11) is 0. The Morgan fingerprint density at radius 2 is 2.00 bits per heavy atom. The van der Waals surface area contributed by atoms with E-state index in [1.54, 1.807) is 0 Å². The van der Waals surface area contributed by atoms with Crippen LogP contribution < -0.4 is 0 Å². The lowest BCUT2D eigenvalue weighted by molar-refractivity contribution is 0.00486. The second-order valence-electron chi connectivity index (χ2n) is 4.41. The molecule has 0 N–H and O–H groups in total. The minimum Gasteiger partial charge on any atom is -0.371 e. The molecule has 0 aromatic heterocycles. The zero-order valence-corrected chi connectivity index (χ0v) is 10.7. The Balaban J connectivity index is 1.90. The first-order chi connectivity index (χ1) is 8.40. The zero-order valence-electron chi connectivity index (χ0n) is 9.84. The molecule has 90 valence electrons. The van der Waals surface area contributed by atoms with Crippen molar-refractivity contribution in [3.05, 3.63) is 35.9 Å². The smallest absolute Gasteiger partial charge is 0.0864 e. The van der Waals surface area contributed by atoms with Crippen LogP contribution in [0.2, 0.25) is 0 Å². The molecule has 0 radical (unpaired) electrons. The van der Waals surface area contributed by atoms with E-state index in [0.29, 0.717) is 6.61 Å². The van der Waals surface area contributed by atoms with Gasteiger partial charge in [0.05, 0.1) is 23.9 Å². The molecule has 1 aliphatic rings. The molecule has 0 amide bonds. The predicted octanol–water partition coefficient (Wildman–Crippen LogP) is 3.62. The molecule has 2 nitrogen and oxygen atoms in total. The summed E-state index contributed by atoms with van der Waals surface area (Å²) in [6.07, 6.45) is 4.81. The van der Waals surface area contributed by atoms with E-state index in [4.69, 9.17) is 17.0 Å². The van der Waals surface area contributed by atoms with Gasteiger partial charge in [0, 0.05) is 0 Å². The highest BCUT2D eigenvalue weighted by Gasteiger charge is 2.25. The van der Waals surface area contributed by atoms with Crippen LogP contribution in [0.15, 0.2) is 35.3 Å². The maximum atomic E-state index is 5.95. The van der Waals surface area contributed by atoms with Crippen molar-refractivity contribution in [1.29, 1.82) is 0 Å². The minimum atomic E-state index is 0.208. The molecule has 2 atom stereocenters. The van der Waals surface area contributed by atoms with Crippen molar-refractivity contribution in [1.82, 2.24) is 0 Å². The van der Waals surface area contributed by atoms with Gasteiger partial charge in [0.2, 0.25) is 0 Å². The number of thiocarbonyl (C=S) groups is 1. The van der Waals surface area contributed by atoms with Gasteiger partial charge in [0.25, 0.3) is 0 Å². The predicted molar refractivity (Wildman–Crippen MR) is 72.3 cm³/mol. The first-order valence-corrected chi connectivity index (χ1v) is 6.53. The van der Waals surface area contributed by atoms with Crippen LogP contribution in [0.5, 0.6) is 0 Å². The molecule has 1 aromatic carbocycles. The normalized spacial score (nSPS) is 24.0. The van der Waals surface area contributed by atoms with Crippen LogP contribution in [-0.4, -0.2) is 17.3 Å². The lowest BCUT2D eigenvalue weighted by Gasteiger charge is -2.27. The summed E-state index contributed by atoms with van der Waals surface area (Å²) in [5.41, 5.74) is 1.21. The van der Waals surface area contributed by atoms with Crippen LogP contribution in [0, 0.1) is 0 Å². The third-order valence-corrected chi connectivity index (χ3v) is 3.30. The van der Waals surface area contributed by atoms with Crippen molar-refractivity contribution in [2.75, 3.05) is 0 Å². The van der Waals surface area contributed by atoms with Gasteiger partial charge < -0.3 is 4.74 Å². The highest BCUT2D eigenvalue weighted by molar-refractivity contribution is 7.78. The standard InChI is InChI=1S/C14H17NOS/c17-11-15-13-8-4-5-9-14(13)16-10-12-6-2-1-3-7-12/h1-3,6-7,13-14H,4-5,8-10H2/t13-,14-/m1/s1. The molecule has 1 aromatic rings. The van der Waals surface area contributed by atoms with Gasteiger partial charge in [-0.25, -0.2) is 4.99 Å². The van der Waals surface area contributed by atoms with Gasteiger partial charge in [-0.2, -0.15) is 0 Å². The molecule has 0 aliphatic heterocycles. The molecular weight excluding hydrogens is 230 g/mol. The molecule has 0 saturated heterocycles. The molecular formula is C14H17NOS. The van der Waals surface area contributed by atoms with E-state index in [-0.39, 0.29) is 12.1 Å². The van der Waals surface area contributed by atoms with Gasteiger partial charge in [0.15, 0.2) is 0 Å². The molecule has 17 heavy (non-hydrogen) atoms. The van der Waals surface area contributed by atoms with Crippen molar-refractivity contribution < 1.29 is 4.74 Å². The van der Waals surface area contributed by atoms with Crippen LogP contribution in [-0.2, 0) is 11.3 Å². The van der Waals surface area contributed by atoms with E-state index in [1.165, 1.54) is 18.4 Å². The SMILES string of the molecule is S=C=N[C@@H]1CCCC[C@H]1OCc1ccccc1. The quantitative estimate of drug-likeness (QED) is 0.598. The Morgan fingerprint density at radius 3 is 2.76 bits per heavy atom. The van der Waals surface area contributed by atoms with Gasteiger partial charge in [-0.3, -0.25) is 0 Å². The second-order valence-corrected chi connectivity index (χ2v) is 4.59. The van der Waals surface area contributed by atoms with Crippen molar-refractivity contribution in [3.8, 4) is 0 Å². The van der Waals surface area contributed by atoms with Crippen molar-refractivity contribution >= 4 is 17.4 Å². The lowest BCUT2D eigenvalue weighted by Crippen LogP contribution is -2.30. The Labute approximate surface area is 108 Å². The fourth-order valence-corrected chi connectivity index (χ4v) is 2.40. The monoisotopic (exact) mass is 247 g/mol. The molecule has 0 bridgehead atoms. The lowest BCUT2D eigenvalue weighted by atomic mass is 9.93. The Bertz CT molecular complexity index is 386. The third-order valence-electron chi connectivity index (χ3n) is 3.19. The van der Waals surface area contributed by atoms with Crippen molar-refractivity contribution in [2.24, 2.45) is 4.99 Å². The number of aliphatic imine (C=N–C) groups is 1. The summed E-state index contributed by atoms with van der Waals surface area (Å²) >= 11 is 4.69. The van der Waals surface area contributed by atoms with E-state index in [2.05, 4.69) is 22.3 Å². The number of rotatable bonds is 4. The maximum Gasteiger partial charge on any atom is 0.0864 e. The minimum absolute atomic E-state index is 0.208. The van der Waals surface area contributed by atoms with Crippen molar-refractivity contribution in [3.63, 3.8) is 0 Å². The number of hydrogen-bond acceptors (Lipinski definition) is 3. The Hall–Kier alpha value is -1.02. The zero-order chi connectivity index (χ0) is 11.9. The summed E-state index contributed by atoms with van der Waals surface area (Å²) in [6.45, 7) is 0.662. The first kappa shape index (κ1) is 12.4. The topological polar surface area (TPSA) is 21.6 Å². The van der Waals surface area contributed by atoms with Crippen LogP contribution in [0.4, 0.5) is 0 Å². The fraction of sp³-hybridized carbons (Fsp3) is 0.500. The van der Waals surface area contributed by atoms with Gasteiger partial charge in [-0.05, 0) is 30.6 Å². The van der Waals surface area contributed by atoms with E-state index >= 15 is 0 Å². The molecule has 1 saturated carbocycles. The molecule has 0 spiro atoms. The number of nitrogens with zero attached hydrogens (tertiary/aromatic N) is 1. The van der Waals surface area contributed by atoms with Crippen LogP contribution in [0.3, 0.4) is 0 Å².